The minimum atomic E-state index is -4.93. The van der Waals surface area contributed by atoms with Crippen molar-refractivity contribution >= 4 is 5.91 Å². The molecule has 2 fully saturated rings. The van der Waals surface area contributed by atoms with E-state index in [1.807, 2.05) is 30.3 Å². The number of hydrogen-bond donors (Lipinski definition) is 2. The van der Waals surface area contributed by atoms with Crippen LogP contribution < -0.4 is 10.6 Å². The zero-order chi connectivity index (χ0) is 24.7. The average Bonchev–Trinajstić information content (AvgIpc) is 3.15. The van der Waals surface area contributed by atoms with Gasteiger partial charge in [0.1, 0.15) is 0 Å². The Balaban J connectivity index is 1.61. The van der Waals surface area contributed by atoms with Crippen LogP contribution in [0.25, 0.3) is 0 Å². The molecule has 2 aromatic carbocycles. The van der Waals surface area contributed by atoms with Crippen molar-refractivity contribution in [2.75, 3.05) is 6.61 Å². The van der Waals surface area contributed by atoms with Crippen LogP contribution in [0.3, 0.4) is 0 Å². The number of alkyl halides is 6. The SMILES string of the molecule is C[C@@H](OC[C@@]1(c2ccccc2)CC[C@@H]2NC(=O)CC2N1)c1cc(C(F)(F)F)cc(C(F)(F)F)c1. The first-order chi connectivity index (χ1) is 15.9. The fourth-order valence-corrected chi connectivity index (χ4v) is 4.72. The van der Waals surface area contributed by atoms with Gasteiger partial charge in [-0.1, -0.05) is 30.3 Å². The van der Waals surface area contributed by atoms with E-state index in [-0.39, 0.29) is 42.6 Å². The van der Waals surface area contributed by atoms with Gasteiger partial charge in [-0.3, -0.25) is 4.79 Å². The van der Waals surface area contributed by atoms with Crippen molar-refractivity contribution in [3.8, 4) is 0 Å². The van der Waals surface area contributed by atoms with Gasteiger partial charge in [0.05, 0.1) is 29.4 Å². The highest BCUT2D eigenvalue weighted by atomic mass is 19.4. The fourth-order valence-electron chi connectivity index (χ4n) is 4.72. The number of carbonyl (C=O) groups excluding carboxylic acids is 1. The van der Waals surface area contributed by atoms with E-state index in [0.29, 0.717) is 25.0 Å². The molecule has 34 heavy (non-hydrogen) atoms. The monoisotopic (exact) mass is 486 g/mol. The summed E-state index contributed by atoms with van der Waals surface area (Å²) < 4.78 is 85.5. The van der Waals surface area contributed by atoms with Crippen LogP contribution in [0.2, 0.25) is 0 Å². The standard InChI is InChI=1S/C24H24F6N2O2/c1-14(15-9-17(23(25,26)27)11-18(10-15)24(28,29)30)34-13-22(16-5-3-2-4-6-16)8-7-19-20(32-22)12-21(33)31-19/h2-6,9-11,14,19-20,32H,7-8,12-13H2,1H3,(H,31,33)/t14-,19+,20?,22-/m1/s1. The first-order valence-corrected chi connectivity index (χ1v) is 10.9. The molecule has 0 bridgehead atoms. The van der Waals surface area contributed by atoms with Gasteiger partial charge in [0.25, 0.3) is 0 Å². The van der Waals surface area contributed by atoms with Gasteiger partial charge in [-0.25, -0.2) is 0 Å². The van der Waals surface area contributed by atoms with Crippen molar-refractivity contribution in [3.05, 3.63) is 70.8 Å². The van der Waals surface area contributed by atoms with E-state index in [2.05, 4.69) is 10.6 Å². The van der Waals surface area contributed by atoms with Crippen LogP contribution in [0.15, 0.2) is 48.5 Å². The van der Waals surface area contributed by atoms with Crippen molar-refractivity contribution in [1.82, 2.24) is 10.6 Å². The molecule has 2 aliphatic rings. The maximum absolute atomic E-state index is 13.3. The van der Waals surface area contributed by atoms with E-state index in [1.165, 1.54) is 6.92 Å². The Kier molecular flexibility index (Phi) is 6.41. The Hall–Kier alpha value is -2.59. The van der Waals surface area contributed by atoms with E-state index in [1.54, 1.807) is 0 Å². The van der Waals surface area contributed by atoms with Crippen LogP contribution >= 0.6 is 0 Å². The molecule has 0 aromatic heterocycles. The topological polar surface area (TPSA) is 50.4 Å². The van der Waals surface area contributed by atoms with Crippen molar-refractivity contribution in [1.29, 1.82) is 0 Å². The van der Waals surface area contributed by atoms with Gasteiger partial charge in [0.15, 0.2) is 0 Å². The van der Waals surface area contributed by atoms with Crippen LogP contribution in [0.4, 0.5) is 26.3 Å². The second-order valence-corrected chi connectivity index (χ2v) is 8.91. The number of halogens is 6. The molecular formula is C24H24F6N2O2. The number of amides is 1. The molecule has 0 radical (unpaired) electrons. The van der Waals surface area contributed by atoms with Crippen molar-refractivity contribution in [3.63, 3.8) is 0 Å². The summed E-state index contributed by atoms with van der Waals surface area (Å²) in [6.45, 7) is 1.44. The maximum atomic E-state index is 13.3. The van der Waals surface area contributed by atoms with E-state index in [9.17, 15) is 31.1 Å². The summed E-state index contributed by atoms with van der Waals surface area (Å²) in [4.78, 5) is 11.9. The predicted octanol–water partition coefficient (Wildman–Crippen LogP) is 5.34. The number of hydrogen-bond acceptors (Lipinski definition) is 3. The molecule has 0 spiro atoms. The maximum Gasteiger partial charge on any atom is 0.416 e. The smallest absolute Gasteiger partial charge is 0.372 e. The molecule has 0 aliphatic carbocycles. The lowest BCUT2D eigenvalue weighted by Crippen LogP contribution is -2.59. The third-order valence-electron chi connectivity index (χ3n) is 6.57. The third-order valence-corrected chi connectivity index (χ3v) is 6.57. The van der Waals surface area contributed by atoms with Gasteiger partial charge >= 0.3 is 12.4 Å². The van der Waals surface area contributed by atoms with Gasteiger partial charge in [0.2, 0.25) is 5.91 Å². The summed E-state index contributed by atoms with van der Waals surface area (Å²) in [6.07, 6.45) is -9.37. The molecule has 184 valence electrons. The summed E-state index contributed by atoms with van der Waals surface area (Å²) in [5.41, 5.74) is -2.83. The lowest BCUT2D eigenvalue weighted by Gasteiger charge is -2.44. The second-order valence-electron chi connectivity index (χ2n) is 8.91. The number of nitrogens with one attached hydrogen (secondary N) is 2. The molecule has 1 unspecified atom stereocenters. The van der Waals surface area contributed by atoms with E-state index in [0.717, 1.165) is 5.56 Å². The normalized spacial score (nSPS) is 26.1. The van der Waals surface area contributed by atoms with Gasteiger partial charge in [-0.05, 0) is 49.1 Å². The third kappa shape index (κ3) is 5.07. The molecule has 2 saturated heterocycles. The van der Waals surface area contributed by atoms with Crippen LogP contribution in [-0.2, 0) is 27.4 Å². The lowest BCUT2D eigenvalue weighted by molar-refractivity contribution is -0.143. The number of benzene rings is 2. The molecule has 2 aromatic rings. The molecule has 2 N–H and O–H groups in total. The fraction of sp³-hybridized carbons (Fsp3) is 0.458. The van der Waals surface area contributed by atoms with Gasteiger partial charge in [0, 0.05) is 18.5 Å². The lowest BCUT2D eigenvalue weighted by atomic mass is 9.79. The zero-order valence-electron chi connectivity index (χ0n) is 18.3. The highest BCUT2D eigenvalue weighted by Gasteiger charge is 2.46. The van der Waals surface area contributed by atoms with Crippen LogP contribution in [0.5, 0.6) is 0 Å². The summed E-state index contributed by atoms with van der Waals surface area (Å²) in [6, 6.07) is 10.6. The predicted molar refractivity (Wildman–Crippen MR) is 112 cm³/mol. The van der Waals surface area contributed by atoms with E-state index < -0.39 is 35.1 Å². The van der Waals surface area contributed by atoms with Crippen molar-refractivity contribution in [2.45, 2.75) is 62.3 Å². The summed E-state index contributed by atoms with van der Waals surface area (Å²) in [5.74, 6) is -0.0655. The minimum Gasteiger partial charge on any atom is -0.372 e. The minimum absolute atomic E-state index is 0.00713. The molecule has 0 saturated carbocycles. The summed E-state index contributed by atoms with van der Waals surface area (Å²) >= 11 is 0. The van der Waals surface area contributed by atoms with E-state index >= 15 is 0 Å². The number of fused-ring (bicyclic) bond motifs is 1. The van der Waals surface area contributed by atoms with Gasteiger partial charge in [-0.15, -0.1) is 0 Å². The Morgan fingerprint density at radius 2 is 1.62 bits per heavy atom. The molecular weight excluding hydrogens is 462 g/mol. The highest BCUT2D eigenvalue weighted by Crippen LogP contribution is 2.40. The van der Waals surface area contributed by atoms with E-state index in [4.69, 9.17) is 4.74 Å². The van der Waals surface area contributed by atoms with Crippen molar-refractivity contribution in [2.24, 2.45) is 0 Å². The van der Waals surface area contributed by atoms with Crippen LogP contribution in [0, 0.1) is 0 Å². The average molecular weight is 486 g/mol. The largest absolute Gasteiger partial charge is 0.416 e. The number of carbonyl (C=O) groups is 1. The summed E-state index contributed by atoms with van der Waals surface area (Å²) in [7, 11) is 0. The second kappa shape index (κ2) is 8.88. The molecule has 4 atom stereocenters. The Morgan fingerprint density at radius 3 is 2.21 bits per heavy atom. The molecule has 1 amide bonds. The van der Waals surface area contributed by atoms with Crippen LogP contribution in [0.1, 0.15) is 54.5 Å². The summed E-state index contributed by atoms with van der Waals surface area (Å²) in [5, 5.41) is 6.41. The Morgan fingerprint density at radius 1 is 1.00 bits per heavy atom. The molecule has 2 heterocycles. The number of ether oxygens (including phenoxy) is 1. The highest BCUT2D eigenvalue weighted by molar-refractivity contribution is 5.79. The van der Waals surface area contributed by atoms with Crippen molar-refractivity contribution < 1.29 is 35.9 Å². The van der Waals surface area contributed by atoms with Crippen LogP contribution in [-0.4, -0.2) is 24.6 Å². The number of rotatable bonds is 5. The number of piperidine rings is 1. The Labute approximate surface area is 192 Å². The zero-order valence-corrected chi connectivity index (χ0v) is 18.3. The first-order valence-electron chi connectivity index (χ1n) is 10.9. The Bertz CT molecular complexity index is 1010. The first kappa shape index (κ1) is 24.5. The quantitative estimate of drug-likeness (QED) is 0.562. The molecule has 4 rings (SSSR count). The van der Waals surface area contributed by atoms with Gasteiger partial charge in [-0.2, -0.15) is 26.3 Å². The molecule has 10 heteroatoms. The molecule has 4 nitrogen and oxygen atoms in total. The van der Waals surface area contributed by atoms with Gasteiger partial charge < -0.3 is 15.4 Å². The molecule has 2 aliphatic heterocycles.